The van der Waals surface area contributed by atoms with Crippen molar-refractivity contribution < 1.29 is 19.8 Å². The number of aliphatic carboxylic acids is 1. The molecule has 0 fully saturated rings. The minimum Gasteiger partial charge on any atom is -0.481 e. The van der Waals surface area contributed by atoms with Gasteiger partial charge in [-0.2, -0.15) is 0 Å². The summed E-state index contributed by atoms with van der Waals surface area (Å²) in [5, 5.41) is 19.0. The van der Waals surface area contributed by atoms with Gasteiger partial charge in [0.15, 0.2) is 5.78 Å². The number of unbranched alkanes of at least 4 members (excludes halogenated alkanes) is 3. The van der Waals surface area contributed by atoms with Crippen LogP contribution in [-0.2, 0) is 9.59 Å². The molecule has 0 unspecified atom stereocenters. The Morgan fingerprint density at radius 2 is 1.90 bits per heavy atom. The summed E-state index contributed by atoms with van der Waals surface area (Å²) in [4.78, 5) is 23.4. The zero-order valence-electron chi connectivity index (χ0n) is 17.9. The van der Waals surface area contributed by atoms with Gasteiger partial charge in [0, 0.05) is 18.3 Å². The number of carbonyl (C=O) groups is 2. The number of ketones is 1. The van der Waals surface area contributed by atoms with Crippen molar-refractivity contribution >= 4 is 17.3 Å². The van der Waals surface area contributed by atoms with Crippen molar-refractivity contribution in [3.05, 3.63) is 66.3 Å². The van der Waals surface area contributed by atoms with Gasteiger partial charge in [-0.25, -0.2) is 0 Å². The zero-order chi connectivity index (χ0) is 21.8. The molecule has 162 valence electrons. The molecule has 3 atom stereocenters. The van der Waals surface area contributed by atoms with Crippen LogP contribution in [0.5, 0.6) is 0 Å². The minimum absolute atomic E-state index is 0.0229. The molecule has 4 nitrogen and oxygen atoms in total. The fraction of sp³-hybridized carbons (Fsp3) is 0.462. The van der Waals surface area contributed by atoms with E-state index in [-0.39, 0.29) is 24.0 Å². The van der Waals surface area contributed by atoms with E-state index >= 15 is 0 Å². The fourth-order valence-corrected chi connectivity index (χ4v) is 3.86. The number of aliphatic hydroxyl groups excluding tert-OH is 1. The van der Waals surface area contributed by atoms with Crippen LogP contribution in [0.4, 0.5) is 0 Å². The number of carboxylic acid groups (broad SMARTS) is 1. The van der Waals surface area contributed by atoms with Crippen molar-refractivity contribution in [1.82, 2.24) is 0 Å². The first-order chi connectivity index (χ1) is 14.5. The molecular formula is C26H34O4. The van der Waals surface area contributed by atoms with E-state index < -0.39 is 12.1 Å². The Hall–Kier alpha value is -2.46. The largest absolute Gasteiger partial charge is 0.481 e. The van der Waals surface area contributed by atoms with Crippen LogP contribution in [0.25, 0.3) is 5.57 Å². The highest BCUT2D eigenvalue weighted by Crippen LogP contribution is 2.39. The van der Waals surface area contributed by atoms with Crippen molar-refractivity contribution in [3.8, 4) is 0 Å². The lowest BCUT2D eigenvalue weighted by Crippen LogP contribution is -2.15. The summed E-state index contributed by atoms with van der Waals surface area (Å²) in [6.07, 6.45) is 15.1. The maximum absolute atomic E-state index is 12.8. The molecule has 1 aliphatic rings. The first kappa shape index (κ1) is 23.8. The number of hydrogen-bond acceptors (Lipinski definition) is 3. The van der Waals surface area contributed by atoms with Crippen LogP contribution in [0.1, 0.15) is 63.9 Å². The van der Waals surface area contributed by atoms with Crippen LogP contribution in [0, 0.1) is 11.8 Å². The van der Waals surface area contributed by atoms with Crippen LogP contribution in [0.2, 0.25) is 0 Å². The Morgan fingerprint density at radius 3 is 2.60 bits per heavy atom. The Bertz CT molecular complexity index is 760. The molecule has 2 N–H and O–H groups in total. The van der Waals surface area contributed by atoms with Crippen molar-refractivity contribution in [2.24, 2.45) is 11.8 Å². The maximum atomic E-state index is 12.8. The van der Waals surface area contributed by atoms with Gasteiger partial charge in [-0.3, -0.25) is 9.59 Å². The van der Waals surface area contributed by atoms with Crippen LogP contribution >= 0.6 is 0 Å². The molecule has 1 aromatic carbocycles. The molecule has 0 radical (unpaired) electrons. The summed E-state index contributed by atoms with van der Waals surface area (Å²) >= 11 is 0. The predicted molar refractivity (Wildman–Crippen MR) is 121 cm³/mol. The highest BCUT2D eigenvalue weighted by Gasteiger charge is 2.34. The first-order valence-electron chi connectivity index (χ1n) is 11.1. The zero-order valence-corrected chi connectivity index (χ0v) is 17.9. The van der Waals surface area contributed by atoms with Crippen molar-refractivity contribution in [3.63, 3.8) is 0 Å². The van der Waals surface area contributed by atoms with Crippen LogP contribution in [0.3, 0.4) is 0 Å². The summed E-state index contributed by atoms with van der Waals surface area (Å²) < 4.78 is 0. The van der Waals surface area contributed by atoms with Gasteiger partial charge in [-0.15, -0.1) is 0 Å². The SMILES string of the molecule is CCCCC[C@H](O)/C=C/[C@H]1C(=O)C=C(c2ccccc2)[C@@H]1CC=CCCCC(=O)O. The fourth-order valence-electron chi connectivity index (χ4n) is 3.86. The van der Waals surface area contributed by atoms with Gasteiger partial charge in [0.05, 0.1) is 6.10 Å². The molecule has 2 rings (SSSR count). The van der Waals surface area contributed by atoms with E-state index in [1.807, 2.05) is 42.5 Å². The second kappa shape index (κ2) is 13.0. The average Bonchev–Trinajstić information content (AvgIpc) is 3.05. The quantitative estimate of drug-likeness (QED) is 0.329. The van der Waals surface area contributed by atoms with Crippen molar-refractivity contribution in [1.29, 1.82) is 0 Å². The molecule has 1 aliphatic carbocycles. The van der Waals surface area contributed by atoms with Gasteiger partial charge in [0.1, 0.15) is 0 Å². The summed E-state index contributed by atoms with van der Waals surface area (Å²) in [6, 6.07) is 9.95. The standard InChI is InChI=1S/C26H34O4/c1-2-3-7-14-21(27)17-18-23-22(15-10-4-5-11-16-26(29)30)24(19-25(23)28)20-12-8-6-9-13-20/h4,6,8-10,12-13,17-19,21-23,27H,2-3,5,7,11,14-16H2,1H3,(H,29,30)/b10-4?,18-17+/t21-,22+,23+/m0/s1. The highest BCUT2D eigenvalue weighted by atomic mass is 16.4. The van der Waals surface area contributed by atoms with Gasteiger partial charge >= 0.3 is 5.97 Å². The van der Waals surface area contributed by atoms with Gasteiger partial charge < -0.3 is 10.2 Å². The van der Waals surface area contributed by atoms with Gasteiger partial charge in [-0.1, -0.05) is 80.8 Å². The van der Waals surface area contributed by atoms with E-state index in [4.69, 9.17) is 5.11 Å². The molecule has 30 heavy (non-hydrogen) atoms. The highest BCUT2D eigenvalue weighted by molar-refractivity contribution is 6.05. The van der Waals surface area contributed by atoms with Crippen LogP contribution in [-0.4, -0.2) is 28.1 Å². The molecular weight excluding hydrogens is 376 g/mol. The Labute approximate surface area is 180 Å². The molecule has 0 saturated heterocycles. The topological polar surface area (TPSA) is 74.6 Å². The molecule has 0 amide bonds. The Morgan fingerprint density at radius 1 is 1.13 bits per heavy atom. The third-order valence-corrected chi connectivity index (χ3v) is 5.53. The molecule has 4 heteroatoms. The number of rotatable bonds is 13. The van der Waals surface area contributed by atoms with E-state index in [0.29, 0.717) is 19.3 Å². The summed E-state index contributed by atoms with van der Waals surface area (Å²) in [5.41, 5.74) is 2.08. The predicted octanol–water partition coefficient (Wildman–Crippen LogP) is 5.58. The lowest BCUT2D eigenvalue weighted by molar-refractivity contribution is -0.137. The van der Waals surface area contributed by atoms with E-state index in [2.05, 4.69) is 13.0 Å². The van der Waals surface area contributed by atoms with Gasteiger partial charge in [-0.05, 0) is 42.9 Å². The second-order valence-electron chi connectivity index (χ2n) is 7.94. The molecule has 0 aliphatic heterocycles. The van der Waals surface area contributed by atoms with Gasteiger partial charge in [0.25, 0.3) is 0 Å². The molecule has 0 heterocycles. The van der Waals surface area contributed by atoms with Gasteiger partial charge in [0.2, 0.25) is 0 Å². The van der Waals surface area contributed by atoms with Crippen molar-refractivity contribution in [2.75, 3.05) is 0 Å². The Balaban J connectivity index is 2.07. The van der Waals surface area contributed by atoms with E-state index in [0.717, 1.165) is 36.8 Å². The first-order valence-corrected chi connectivity index (χ1v) is 11.1. The van der Waals surface area contributed by atoms with Crippen LogP contribution in [0.15, 0.2) is 60.7 Å². The molecule has 0 bridgehead atoms. The minimum atomic E-state index is -0.776. The number of benzene rings is 1. The number of allylic oxidation sites excluding steroid dienone is 5. The number of hydrogen-bond donors (Lipinski definition) is 2. The van der Waals surface area contributed by atoms with Crippen molar-refractivity contribution in [2.45, 2.75) is 64.4 Å². The maximum Gasteiger partial charge on any atom is 0.303 e. The summed E-state index contributed by atoms with van der Waals surface area (Å²) in [5.74, 6) is -0.948. The average molecular weight is 411 g/mol. The molecule has 0 saturated carbocycles. The third kappa shape index (κ3) is 7.75. The number of aliphatic hydroxyl groups is 1. The molecule has 0 spiro atoms. The molecule has 1 aromatic rings. The normalized spacial score (nSPS) is 20.2. The molecule has 0 aromatic heterocycles. The smallest absolute Gasteiger partial charge is 0.303 e. The second-order valence-corrected chi connectivity index (χ2v) is 7.94. The van der Waals surface area contributed by atoms with E-state index in [1.54, 1.807) is 12.2 Å². The monoisotopic (exact) mass is 410 g/mol. The number of carbonyl (C=O) groups excluding carboxylic acids is 1. The summed E-state index contributed by atoms with van der Waals surface area (Å²) in [7, 11) is 0. The Kier molecular flexibility index (Phi) is 10.3. The van der Waals surface area contributed by atoms with E-state index in [9.17, 15) is 14.7 Å². The van der Waals surface area contributed by atoms with E-state index in [1.165, 1.54) is 0 Å². The van der Waals surface area contributed by atoms with Crippen LogP contribution < -0.4 is 0 Å². The lowest BCUT2D eigenvalue weighted by atomic mass is 9.84. The number of carboxylic acids is 1. The lowest BCUT2D eigenvalue weighted by Gasteiger charge is -2.19. The third-order valence-electron chi connectivity index (χ3n) is 5.53. The summed E-state index contributed by atoms with van der Waals surface area (Å²) in [6.45, 7) is 2.13.